The summed E-state index contributed by atoms with van der Waals surface area (Å²) >= 11 is 0. The van der Waals surface area contributed by atoms with E-state index in [-0.39, 0.29) is 11.9 Å². The lowest BCUT2D eigenvalue weighted by molar-refractivity contribution is 0.443. The average Bonchev–Trinajstić information content (AvgIpc) is 2.64. The van der Waals surface area contributed by atoms with E-state index in [1.807, 2.05) is 19.1 Å². The molecule has 0 saturated heterocycles. The number of rotatable bonds is 3. The Morgan fingerprint density at radius 3 is 2.75 bits per heavy atom. The Labute approximate surface area is 96.0 Å². The van der Waals surface area contributed by atoms with Crippen LogP contribution in [0.5, 0.6) is 0 Å². The van der Waals surface area contributed by atoms with E-state index in [1.54, 1.807) is 6.07 Å². The monoisotopic (exact) mass is 222 g/mol. The molecule has 3 atom stereocenters. The molecule has 1 saturated carbocycles. The minimum Gasteiger partial charge on any atom is -0.328 e. The van der Waals surface area contributed by atoms with Gasteiger partial charge in [0, 0.05) is 23.7 Å². The molecule has 2 nitrogen and oxygen atoms in total. The number of benzene rings is 1. The number of hydrogen-bond donors (Lipinski definition) is 2. The minimum absolute atomic E-state index is 0.0523. The molecule has 1 fully saturated rings. The van der Waals surface area contributed by atoms with E-state index in [9.17, 15) is 4.39 Å². The van der Waals surface area contributed by atoms with Crippen LogP contribution < -0.4 is 11.1 Å². The molecule has 3 N–H and O–H groups in total. The van der Waals surface area contributed by atoms with Gasteiger partial charge in [-0.3, -0.25) is 0 Å². The Kier molecular flexibility index (Phi) is 3.56. The van der Waals surface area contributed by atoms with Crippen LogP contribution in [-0.4, -0.2) is 12.1 Å². The van der Waals surface area contributed by atoms with Gasteiger partial charge in [-0.2, -0.15) is 0 Å². The second-order valence-electron chi connectivity index (χ2n) is 4.68. The fourth-order valence-corrected chi connectivity index (χ4v) is 2.44. The smallest absolute Gasteiger partial charge is 0.127 e. The van der Waals surface area contributed by atoms with Crippen molar-refractivity contribution in [1.29, 1.82) is 0 Å². The van der Waals surface area contributed by atoms with Gasteiger partial charge in [0.2, 0.25) is 0 Å². The van der Waals surface area contributed by atoms with Crippen molar-refractivity contribution >= 4 is 0 Å². The first kappa shape index (κ1) is 11.6. The van der Waals surface area contributed by atoms with Crippen LogP contribution in [0, 0.1) is 5.82 Å². The predicted octanol–water partition coefficient (Wildman–Crippen LogP) is 2.36. The highest BCUT2D eigenvalue weighted by Crippen LogP contribution is 2.22. The van der Waals surface area contributed by atoms with Crippen molar-refractivity contribution in [1.82, 2.24) is 5.32 Å². The number of hydrogen-bond acceptors (Lipinski definition) is 2. The minimum atomic E-state index is -0.134. The molecule has 0 heterocycles. The van der Waals surface area contributed by atoms with Gasteiger partial charge in [0.05, 0.1) is 0 Å². The Bertz CT molecular complexity index is 354. The van der Waals surface area contributed by atoms with Crippen LogP contribution in [0.15, 0.2) is 24.3 Å². The zero-order valence-corrected chi connectivity index (χ0v) is 9.62. The molecular weight excluding hydrogens is 203 g/mol. The third-order valence-electron chi connectivity index (χ3n) is 3.33. The molecule has 0 radical (unpaired) electrons. The van der Waals surface area contributed by atoms with Crippen molar-refractivity contribution in [2.24, 2.45) is 5.73 Å². The maximum Gasteiger partial charge on any atom is 0.127 e. The molecule has 88 valence electrons. The Balaban J connectivity index is 1.98. The Morgan fingerprint density at radius 2 is 2.12 bits per heavy atom. The summed E-state index contributed by atoms with van der Waals surface area (Å²) in [4.78, 5) is 0. The van der Waals surface area contributed by atoms with Crippen LogP contribution in [0.4, 0.5) is 4.39 Å². The van der Waals surface area contributed by atoms with E-state index in [0.717, 1.165) is 24.8 Å². The SMILES string of the molecule is CC(NC1CCC(N)C1)c1ccccc1F. The van der Waals surface area contributed by atoms with Crippen LogP contribution in [0.3, 0.4) is 0 Å². The van der Waals surface area contributed by atoms with Crippen molar-refractivity contribution in [2.45, 2.75) is 44.3 Å². The third kappa shape index (κ3) is 2.60. The molecule has 0 amide bonds. The number of halogens is 1. The zero-order valence-electron chi connectivity index (χ0n) is 9.62. The van der Waals surface area contributed by atoms with Gasteiger partial charge < -0.3 is 11.1 Å². The summed E-state index contributed by atoms with van der Waals surface area (Å²) in [5.41, 5.74) is 6.59. The maximum atomic E-state index is 13.5. The summed E-state index contributed by atoms with van der Waals surface area (Å²) in [6, 6.07) is 7.73. The van der Waals surface area contributed by atoms with E-state index < -0.39 is 0 Å². The van der Waals surface area contributed by atoms with Crippen LogP contribution >= 0.6 is 0 Å². The first-order chi connectivity index (χ1) is 7.66. The zero-order chi connectivity index (χ0) is 11.5. The van der Waals surface area contributed by atoms with Crippen LogP contribution in [0.1, 0.15) is 37.8 Å². The summed E-state index contributed by atoms with van der Waals surface area (Å²) in [5.74, 6) is -0.134. The highest BCUT2D eigenvalue weighted by Gasteiger charge is 2.23. The van der Waals surface area contributed by atoms with Crippen LogP contribution in [-0.2, 0) is 0 Å². The normalized spacial score (nSPS) is 26.9. The fraction of sp³-hybridized carbons (Fsp3) is 0.538. The fourth-order valence-electron chi connectivity index (χ4n) is 2.44. The Morgan fingerprint density at radius 1 is 1.38 bits per heavy atom. The summed E-state index contributed by atoms with van der Waals surface area (Å²) in [5, 5.41) is 3.45. The van der Waals surface area contributed by atoms with Gasteiger partial charge in [-0.1, -0.05) is 18.2 Å². The molecule has 3 heteroatoms. The first-order valence-electron chi connectivity index (χ1n) is 5.93. The topological polar surface area (TPSA) is 38.0 Å². The molecule has 0 aromatic heterocycles. The lowest BCUT2D eigenvalue weighted by Crippen LogP contribution is -2.31. The average molecular weight is 222 g/mol. The second kappa shape index (κ2) is 4.93. The van der Waals surface area contributed by atoms with Crippen molar-refractivity contribution < 1.29 is 4.39 Å². The molecule has 0 aliphatic heterocycles. The molecule has 3 unspecified atom stereocenters. The van der Waals surface area contributed by atoms with Crippen molar-refractivity contribution in [2.75, 3.05) is 0 Å². The summed E-state index contributed by atoms with van der Waals surface area (Å²) in [7, 11) is 0. The van der Waals surface area contributed by atoms with Crippen molar-refractivity contribution in [3.05, 3.63) is 35.6 Å². The first-order valence-corrected chi connectivity index (χ1v) is 5.93. The van der Waals surface area contributed by atoms with E-state index in [1.165, 1.54) is 6.07 Å². The summed E-state index contributed by atoms with van der Waals surface area (Å²) in [6.45, 7) is 2.00. The predicted molar refractivity (Wildman–Crippen MR) is 63.6 cm³/mol. The highest BCUT2D eigenvalue weighted by molar-refractivity contribution is 5.20. The van der Waals surface area contributed by atoms with Gasteiger partial charge >= 0.3 is 0 Å². The summed E-state index contributed by atoms with van der Waals surface area (Å²) < 4.78 is 13.5. The molecule has 0 spiro atoms. The summed E-state index contributed by atoms with van der Waals surface area (Å²) in [6.07, 6.45) is 3.17. The molecule has 16 heavy (non-hydrogen) atoms. The Hall–Kier alpha value is -0.930. The standard InChI is InChI=1S/C13H19FN2/c1-9(12-4-2-3-5-13(12)14)16-11-7-6-10(15)8-11/h2-5,9-11,16H,6-8,15H2,1H3. The van der Waals surface area contributed by atoms with Gasteiger partial charge in [0.1, 0.15) is 5.82 Å². The maximum absolute atomic E-state index is 13.5. The molecule has 1 aliphatic rings. The van der Waals surface area contributed by atoms with Crippen LogP contribution in [0.25, 0.3) is 0 Å². The van der Waals surface area contributed by atoms with Gasteiger partial charge in [-0.15, -0.1) is 0 Å². The molecule has 2 rings (SSSR count). The molecule has 1 aromatic carbocycles. The molecule has 1 aliphatic carbocycles. The van der Waals surface area contributed by atoms with E-state index in [2.05, 4.69) is 5.32 Å². The van der Waals surface area contributed by atoms with E-state index in [0.29, 0.717) is 12.1 Å². The quantitative estimate of drug-likeness (QED) is 0.824. The molecule has 0 bridgehead atoms. The van der Waals surface area contributed by atoms with Gasteiger partial charge in [-0.25, -0.2) is 4.39 Å². The lowest BCUT2D eigenvalue weighted by atomic mass is 10.1. The third-order valence-corrected chi connectivity index (χ3v) is 3.33. The van der Waals surface area contributed by atoms with Gasteiger partial charge in [0.15, 0.2) is 0 Å². The second-order valence-corrected chi connectivity index (χ2v) is 4.68. The van der Waals surface area contributed by atoms with Gasteiger partial charge in [0.25, 0.3) is 0 Å². The largest absolute Gasteiger partial charge is 0.328 e. The number of nitrogens with two attached hydrogens (primary N) is 1. The van der Waals surface area contributed by atoms with Crippen molar-refractivity contribution in [3.8, 4) is 0 Å². The lowest BCUT2D eigenvalue weighted by Gasteiger charge is -2.20. The highest BCUT2D eigenvalue weighted by atomic mass is 19.1. The van der Waals surface area contributed by atoms with Gasteiger partial charge in [-0.05, 0) is 32.3 Å². The molecular formula is C13H19FN2. The van der Waals surface area contributed by atoms with Crippen LogP contribution in [0.2, 0.25) is 0 Å². The number of nitrogens with one attached hydrogen (secondary N) is 1. The van der Waals surface area contributed by atoms with Crippen molar-refractivity contribution in [3.63, 3.8) is 0 Å². The van der Waals surface area contributed by atoms with E-state index >= 15 is 0 Å². The van der Waals surface area contributed by atoms with E-state index in [4.69, 9.17) is 5.73 Å². The molecule has 1 aromatic rings.